The predicted molar refractivity (Wildman–Crippen MR) is 73.4 cm³/mol. The molecular weight excluding hydrogens is 226 g/mol. The molecule has 18 heavy (non-hydrogen) atoms. The first kappa shape index (κ1) is 12.3. The zero-order valence-electron chi connectivity index (χ0n) is 10.9. The number of aryl methyl sites for hydroxylation is 2. The summed E-state index contributed by atoms with van der Waals surface area (Å²) in [6.07, 6.45) is 0. The van der Waals surface area contributed by atoms with Gasteiger partial charge in [-0.2, -0.15) is 0 Å². The van der Waals surface area contributed by atoms with E-state index in [0.717, 1.165) is 34.1 Å². The molecule has 0 atom stereocenters. The highest BCUT2D eigenvalue weighted by Crippen LogP contribution is 2.29. The van der Waals surface area contributed by atoms with Crippen LogP contribution >= 0.6 is 0 Å². The molecule has 2 N–H and O–H groups in total. The van der Waals surface area contributed by atoms with Crippen molar-refractivity contribution in [2.24, 2.45) is 0 Å². The zero-order valence-corrected chi connectivity index (χ0v) is 10.9. The fourth-order valence-corrected chi connectivity index (χ4v) is 1.69. The van der Waals surface area contributed by atoms with Gasteiger partial charge < -0.3 is 15.2 Å². The first-order valence-electron chi connectivity index (χ1n) is 5.79. The highest BCUT2D eigenvalue weighted by molar-refractivity contribution is 5.54. The van der Waals surface area contributed by atoms with Crippen molar-refractivity contribution in [1.29, 1.82) is 0 Å². The Balaban J connectivity index is 2.25. The lowest BCUT2D eigenvalue weighted by Crippen LogP contribution is -1.94. The second-order valence-corrected chi connectivity index (χ2v) is 4.25. The van der Waals surface area contributed by atoms with E-state index in [1.165, 1.54) is 0 Å². The third kappa shape index (κ3) is 2.56. The Morgan fingerprint density at radius 1 is 0.889 bits per heavy atom. The second kappa shape index (κ2) is 5.00. The third-order valence-electron chi connectivity index (χ3n) is 2.85. The normalized spacial score (nSPS) is 10.2. The Hall–Kier alpha value is -2.16. The Labute approximate surface area is 107 Å². The molecule has 2 rings (SSSR count). The molecule has 0 bridgehead atoms. The van der Waals surface area contributed by atoms with Gasteiger partial charge in [0.05, 0.1) is 7.11 Å². The number of methoxy groups -OCH3 is 1. The van der Waals surface area contributed by atoms with Crippen LogP contribution in [0.3, 0.4) is 0 Å². The minimum atomic E-state index is 0.781. The van der Waals surface area contributed by atoms with Crippen molar-refractivity contribution >= 4 is 5.69 Å². The first-order valence-corrected chi connectivity index (χ1v) is 5.79. The van der Waals surface area contributed by atoms with E-state index in [-0.39, 0.29) is 0 Å². The van der Waals surface area contributed by atoms with E-state index in [1.807, 2.05) is 50.2 Å². The van der Waals surface area contributed by atoms with Gasteiger partial charge >= 0.3 is 0 Å². The van der Waals surface area contributed by atoms with Crippen molar-refractivity contribution in [3.05, 3.63) is 47.5 Å². The van der Waals surface area contributed by atoms with E-state index >= 15 is 0 Å². The molecule has 0 saturated carbocycles. The largest absolute Gasteiger partial charge is 0.497 e. The van der Waals surface area contributed by atoms with Crippen LogP contribution in [0.4, 0.5) is 5.69 Å². The summed E-state index contributed by atoms with van der Waals surface area (Å²) in [6, 6.07) is 11.4. The van der Waals surface area contributed by atoms with Crippen LogP contribution in [-0.2, 0) is 0 Å². The molecule has 0 aromatic heterocycles. The van der Waals surface area contributed by atoms with Crippen LogP contribution in [0.5, 0.6) is 17.2 Å². The Kier molecular flexibility index (Phi) is 3.42. The Morgan fingerprint density at radius 2 is 1.50 bits per heavy atom. The molecule has 3 heteroatoms. The highest BCUT2D eigenvalue weighted by Gasteiger charge is 2.05. The van der Waals surface area contributed by atoms with Crippen LogP contribution in [0.2, 0.25) is 0 Å². The first-order chi connectivity index (χ1) is 8.60. The molecule has 0 fully saturated rings. The standard InChI is InChI=1S/C15H17NO2/c1-10-9-15(11(2)8-14(10)16)18-13-6-4-12(17-3)5-7-13/h4-9H,16H2,1-3H3. The molecule has 0 heterocycles. The summed E-state index contributed by atoms with van der Waals surface area (Å²) in [7, 11) is 1.64. The molecule has 3 nitrogen and oxygen atoms in total. The molecule has 0 amide bonds. The summed E-state index contributed by atoms with van der Waals surface area (Å²) < 4.78 is 10.9. The molecule has 0 aliphatic heterocycles. The topological polar surface area (TPSA) is 44.5 Å². The number of hydrogen-bond acceptors (Lipinski definition) is 3. The lowest BCUT2D eigenvalue weighted by Gasteiger charge is -2.11. The Morgan fingerprint density at radius 3 is 2.11 bits per heavy atom. The number of benzene rings is 2. The van der Waals surface area contributed by atoms with E-state index in [4.69, 9.17) is 15.2 Å². The van der Waals surface area contributed by atoms with Crippen molar-refractivity contribution in [2.75, 3.05) is 12.8 Å². The van der Waals surface area contributed by atoms with Crippen molar-refractivity contribution in [2.45, 2.75) is 13.8 Å². The van der Waals surface area contributed by atoms with Crippen LogP contribution in [0.15, 0.2) is 36.4 Å². The van der Waals surface area contributed by atoms with E-state index in [9.17, 15) is 0 Å². The average Bonchev–Trinajstić information content (AvgIpc) is 2.37. The lowest BCUT2D eigenvalue weighted by molar-refractivity contribution is 0.412. The van der Waals surface area contributed by atoms with Crippen LogP contribution in [0.25, 0.3) is 0 Å². The van der Waals surface area contributed by atoms with Crippen molar-refractivity contribution in [1.82, 2.24) is 0 Å². The number of nitrogen functional groups attached to an aromatic ring is 1. The van der Waals surface area contributed by atoms with Crippen LogP contribution < -0.4 is 15.2 Å². The molecule has 0 saturated heterocycles. The molecule has 0 aliphatic rings. The minimum Gasteiger partial charge on any atom is -0.497 e. The van der Waals surface area contributed by atoms with Crippen molar-refractivity contribution in [3.8, 4) is 17.2 Å². The minimum absolute atomic E-state index is 0.781. The molecule has 2 aromatic rings. The predicted octanol–water partition coefficient (Wildman–Crippen LogP) is 3.69. The zero-order chi connectivity index (χ0) is 13.1. The number of rotatable bonds is 3. The maximum Gasteiger partial charge on any atom is 0.130 e. The Bertz CT molecular complexity index is 547. The van der Waals surface area contributed by atoms with Gasteiger partial charge in [-0.25, -0.2) is 0 Å². The maximum absolute atomic E-state index is 5.85. The van der Waals surface area contributed by atoms with Crippen molar-refractivity contribution in [3.63, 3.8) is 0 Å². The van der Waals surface area contributed by atoms with Gasteiger partial charge in [0.2, 0.25) is 0 Å². The number of anilines is 1. The third-order valence-corrected chi connectivity index (χ3v) is 2.85. The molecule has 94 valence electrons. The van der Waals surface area contributed by atoms with Gasteiger partial charge in [-0.15, -0.1) is 0 Å². The number of nitrogens with two attached hydrogens (primary N) is 1. The van der Waals surface area contributed by atoms with Gasteiger partial charge in [-0.05, 0) is 61.4 Å². The molecule has 2 aromatic carbocycles. The lowest BCUT2D eigenvalue weighted by atomic mass is 10.1. The average molecular weight is 243 g/mol. The van der Waals surface area contributed by atoms with E-state index in [2.05, 4.69) is 0 Å². The number of ether oxygens (including phenoxy) is 2. The van der Waals surface area contributed by atoms with Gasteiger partial charge in [0.1, 0.15) is 17.2 Å². The summed E-state index contributed by atoms with van der Waals surface area (Å²) in [5, 5.41) is 0. The summed E-state index contributed by atoms with van der Waals surface area (Å²) in [5.74, 6) is 2.42. The molecule has 0 unspecified atom stereocenters. The van der Waals surface area contributed by atoms with Crippen molar-refractivity contribution < 1.29 is 9.47 Å². The van der Waals surface area contributed by atoms with E-state index < -0.39 is 0 Å². The van der Waals surface area contributed by atoms with Gasteiger partial charge in [0, 0.05) is 5.69 Å². The molecule has 0 aliphatic carbocycles. The molecular formula is C15H17NO2. The fourth-order valence-electron chi connectivity index (χ4n) is 1.69. The quantitative estimate of drug-likeness (QED) is 0.836. The smallest absolute Gasteiger partial charge is 0.130 e. The fraction of sp³-hybridized carbons (Fsp3) is 0.200. The molecule has 0 spiro atoms. The van der Waals surface area contributed by atoms with Gasteiger partial charge in [0.15, 0.2) is 0 Å². The number of hydrogen-bond donors (Lipinski definition) is 1. The summed E-state index contributed by atoms with van der Waals surface area (Å²) in [6.45, 7) is 3.95. The monoisotopic (exact) mass is 243 g/mol. The summed E-state index contributed by atoms with van der Waals surface area (Å²) in [4.78, 5) is 0. The van der Waals surface area contributed by atoms with E-state index in [1.54, 1.807) is 7.11 Å². The van der Waals surface area contributed by atoms with E-state index in [0.29, 0.717) is 0 Å². The maximum atomic E-state index is 5.85. The SMILES string of the molecule is COc1ccc(Oc2cc(C)c(N)cc2C)cc1. The highest BCUT2D eigenvalue weighted by atomic mass is 16.5. The molecule has 0 radical (unpaired) electrons. The van der Waals surface area contributed by atoms with Gasteiger partial charge in [-0.1, -0.05) is 0 Å². The second-order valence-electron chi connectivity index (χ2n) is 4.25. The van der Waals surface area contributed by atoms with Crippen LogP contribution in [0.1, 0.15) is 11.1 Å². The van der Waals surface area contributed by atoms with Gasteiger partial charge in [-0.3, -0.25) is 0 Å². The van der Waals surface area contributed by atoms with Crippen LogP contribution in [0, 0.1) is 13.8 Å². The van der Waals surface area contributed by atoms with Gasteiger partial charge in [0.25, 0.3) is 0 Å². The summed E-state index contributed by atoms with van der Waals surface area (Å²) >= 11 is 0. The van der Waals surface area contributed by atoms with Crippen LogP contribution in [-0.4, -0.2) is 7.11 Å². The summed E-state index contributed by atoms with van der Waals surface area (Å²) in [5.41, 5.74) is 8.68.